The molecule has 1 amide bonds. The highest BCUT2D eigenvalue weighted by Crippen LogP contribution is 2.25. The Bertz CT molecular complexity index is 979. The molecule has 0 aliphatic carbocycles. The smallest absolute Gasteiger partial charge is 0.234 e. The molecule has 0 saturated carbocycles. The van der Waals surface area contributed by atoms with Gasteiger partial charge in [-0.2, -0.15) is 5.26 Å². The van der Waals surface area contributed by atoms with E-state index in [4.69, 9.17) is 16.9 Å². The molecule has 0 fully saturated rings. The van der Waals surface area contributed by atoms with Gasteiger partial charge in [0.15, 0.2) is 5.16 Å². The van der Waals surface area contributed by atoms with Crippen molar-refractivity contribution in [1.29, 1.82) is 5.26 Å². The van der Waals surface area contributed by atoms with Crippen LogP contribution in [0.15, 0.2) is 59.9 Å². The van der Waals surface area contributed by atoms with E-state index in [2.05, 4.69) is 10.3 Å². The third-order valence-corrected chi connectivity index (χ3v) is 5.08. The number of nitrogens with zero attached hydrogens (tertiary/aromatic N) is 3. The van der Waals surface area contributed by atoms with Gasteiger partial charge in [0.25, 0.3) is 0 Å². The molecule has 0 spiro atoms. The fraction of sp³-hybridized carbons (Fsp3) is 0.105. The van der Waals surface area contributed by atoms with Gasteiger partial charge in [-0.25, -0.2) is 4.98 Å². The van der Waals surface area contributed by atoms with Crippen molar-refractivity contribution >= 4 is 35.0 Å². The summed E-state index contributed by atoms with van der Waals surface area (Å²) in [6, 6.07) is 16.7. The second-order valence-corrected chi connectivity index (χ2v) is 6.84. The molecule has 2 aromatic carbocycles. The SMILES string of the molecule is Cn1c(-c2ccccc2)cnc1SCC(=O)Nc1ccc(C#N)c(Cl)c1. The molecule has 5 nitrogen and oxygen atoms in total. The lowest BCUT2D eigenvalue weighted by molar-refractivity contribution is -0.113. The maximum atomic E-state index is 12.2. The summed E-state index contributed by atoms with van der Waals surface area (Å²) >= 11 is 7.33. The van der Waals surface area contributed by atoms with Crippen molar-refractivity contribution in [3.05, 3.63) is 65.3 Å². The van der Waals surface area contributed by atoms with Crippen molar-refractivity contribution in [1.82, 2.24) is 9.55 Å². The Hall–Kier alpha value is -2.75. The first-order chi connectivity index (χ1) is 12.6. The predicted molar refractivity (Wildman–Crippen MR) is 104 cm³/mol. The van der Waals surface area contributed by atoms with Gasteiger partial charge < -0.3 is 9.88 Å². The van der Waals surface area contributed by atoms with Crippen molar-refractivity contribution in [2.75, 3.05) is 11.1 Å². The molecule has 0 bridgehead atoms. The maximum absolute atomic E-state index is 12.2. The van der Waals surface area contributed by atoms with Crippen molar-refractivity contribution in [3.63, 3.8) is 0 Å². The van der Waals surface area contributed by atoms with Gasteiger partial charge in [0.2, 0.25) is 5.91 Å². The number of carbonyl (C=O) groups is 1. The second-order valence-electron chi connectivity index (χ2n) is 5.49. The second kappa shape index (κ2) is 8.09. The van der Waals surface area contributed by atoms with E-state index in [1.807, 2.05) is 48.0 Å². The minimum atomic E-state index is -0.167. The molecular formula is C19H15ClN4OS. The largest absolute Gasteiger partial charge is 0.325 e. The third-order valence-electron chi connectivity index (χ3n) is 3.72. The van der Waals surface area contributed by atoms with Crippen LogP contribution in [0.25, 0.3) is 11.3 Å². The molecule has 130 valence electrons. The number of rotatable bonds is 5. The molecular weight excluding hydrogens is 368 g/mol. The van der Waals surface area contributed by atoms with E-state index in [0.717, 1.165) is 16.4 Å². The Morgan fingerprint density at radius 3 is 2.77 bits per heavy atom. The first kappa shape index (κ1) is 18.1. The number of anilines is 1. The van der Waals surface area contributed by atoms with Gasteiger partial charge in [-0.05, 0) is 23.8 Å². The van der Waals surface area contributed by atoms with Crippen molar-refractivity contribution in [3.8, 4) is 17.3 Å². The minimum absolute atomic E-state index is 0.167. The average molecular weight is 383 g/mol. The summed E-state index contributed by atoms with van der Waals surface area (Å²) in [5.41, 5.74) is 3.00. The van der Waals surface area contributed by atoms with Crippen LogP contribution in [-0.4, -0.2) is 21.2 Å². The molecule has 0 aliphatic heterocycles. The summed E-state index contributed by atoms with van der Waals surface area (Å²) in [5.74, 6) is 0.0523. The number of carbonyl (C=O) groups excluding carboxylic acids is 1. The number of imidazole rings is 1. The van der Waals surface area contributed by atoms with Gasteiger partial charge in [0.05, 0.1) is 28.2 Å². The molecule has 0 atom stereocenters. The number of amides is 1. The molecule has 3 rings (SSSR count). The summed E-state index contributed by atoms with van der Waals surface area (Å²) in [7, 11) is 1.93. The Labute approximate surface area is 160 Å². The third kappa shape index (κ3) is 4.07. The number of hydrogen-bond donors (Lipinski definition) is 1. The van der Waals surface area contributed by atoms with Crippen LogP contribution >= 0.6 is 23.4 Å². The molecule has 0 unspecified atom stereocenters. The van der Waals surface area contributed by atoms with E-state index in [1.165, 1.54) is 11.8 Å². The number of benzene rings is 2. The number of hydrogen-bond acceptors (Lipinski definition) is 4. The number of aromatic nitrogens is 2. The molecule has 26 heavy (non-hydrogen) atoms. The molecule has 0 saturated heterocycles. The molecule has 0 aliphatic rings. The topological polar surface area (TPSA) is 70.7 Å². The van der Waals surface area contributed by atoms with Crippen molar-refractivity contribution in [2.45, 2.75) is 5.16 Å². The summed E-state index contributed by atoms with van der Waals surface area (Å²) in [5, 5.41) is 12.7. The highest BCUT2D eigenvalue weighted by Gasteiger charge is 2.11. The predicted octanol–water partition coefficient (Wildman–Crippen LogP) is 4.34. The van der Waals surface area contributed by atoms with E-state index in [0.29, 0.717) is 16.3 Å². The van der Waals surface area contributed by atoms with Gasteiger partial charge >= 0.3 is 0 Å². The zero-order chi connectivity index (χ0) is 18.5. The Morgan fingerprint density at radius 2 is 2.08 bits per heavy atom. The lowest BCUT2D eigenvalue weighted by Crippen LogP contribution is -2.14. The zero-order valence-electron chi connectivity index (χ0n) is 13.9. The van der Waals surface area contributed by atoms with Crippen LogP contribution in [0.1, 0.15) is 5.56 Å². The summed E-state index contributed by atoms with van der Waals surface area (Å²) in [6.07, 6.45) is 1.80. The van der Waals surface area contributed by atoms with E-state index < -0.39 is 0 Å². The summed E-state index contributed by atoms with van der Waals surface area (Å²) in [4.78, 5) is 16.6. The average Bonchev–Trinajstić information content (AvgIpc) is 3.01. The van der Waals surface area contributed by atoms with Gasteiger partial charge in [-0.1, -0.05) is 53.7 Å². The van der Waals surface area contributed by atoms with E-state index in [-0.39, 0.29) is 11.7 Å². The Balaban J connectivity index is 1.63. The van der Waals surface area contributed by atoms with Crippen molar-refractivity contribution in [2.24, 2.45) is 7.05 Å². The fourth-order valence-corrected chi connectivity index (χ4v) is 3.39. The standard InChI is InChI=1S/C19H15ClN4OS/c1-24-17(13-5-3-2-4-6-13)11-22-19(24)26-12-18(25)23-15-8-7-14(10-21)16(20)9-15/h2-9,11H,12H2,1H3,(H,23,25). The zero-order valence-corrected chi connectivity index (χ0v) is 15.5. The van der Waals surface area contributed by atoms with Gasteiger partial charge in [-0.15, -0.1) is 0 Å². The lowest BCUT2D eigenvalue weighted by atomic mass is 10.2. The summed E-state index contributed by atoms with van der Waals surface area (Å²) in [6.45, 7) is 0. The lowest BCUT2D eigenvalue weighted by Gasteiger charge is -2.07. The number of halogens is 1. The molecule has 1 aromatic heterocycles. The van der Waals surface area contributed by atoms with Crippen LogP contribution in [0.4, 0.5) is 5.69 Å². The van der Waals surface area contributed by atoms with Crippen LogP contribution in [0.3, 0.4) is 0 Å². The molecule has 1 N–H and O–H groups in total. The first-order valence-corrected chi connectivity index (χ1v) is 9.14. The van der Waals surface area contributed by atoms with Crippen LogP contribution in [0, 0.1) is 11.3 Å². The van der Waals surface area contributed by atoms with Crippen LogP contribution in [0.5, 0.6) is 0 Å². The summed E-state index contributed by atoms with van der Waals surface area (Å²) < 4.78 is 1.96. The van der Waals surface area contributed by atoms with Gasteiger partial charge in [0.1, 0.15) is 6.07 Å². The number of thioether (sulfide) groups is 1. The van der Waals surface area contributed by atoms with Crippen LogP contribution in [-0.2, 0) is 11.8 Å². The molecule has 0 radical (unpaired) electrons. The quantitative estimate of drug-likeness (QED) is 0.666. The molecule has 3 aromatic rings. The minimum Gasteiger partial charge on any atom is -0.325 e. The molecule has 1 heterocycles. The van der Waals surface area contributed by atoms with Gasteiger partial charge in [-0.3, -0.25) is 4.79 Å². The van der Waals surface area contributed by atoms with Crippen LogP contribution < -0.4 is 5.32 Å². The number of nitriles is 1. The molecule has 7 heteroatoms. The Morgan fingerprint density at radius 1 is 1.31 bits per heavy atom. The van der Waals surface area contributed by atoms with Crippen molar-refractivity contribution < 1.29 is 4.79 Å². The maximum Gasteiger partial charge on any atom is 0.234 e. The van der Waals surface area contributed by atoms with E-state index in [1.54, 1.807) is 24.4 Å². The highest BCUT2D eigenvalue weighted by molar-refractivity contribution is 7.99. The normalized spacial score (nSPS) is 10.3. The monoisotopic (exact) mass is 382 g/mol. The van der Waals surface area contributed by atoms with E-state index in [9.17, 15) is 4.79 Å². The fourth-order valence-electron chi connectivity index (χ4n) is 2.41. The first-order valence-electron chi connectivity index (χ1n) is 7.78. The van der Waals surface area contributed by atoms with Gasteiger partial charge in [0, 0.05) is 12.7 Å². The van der Waals surface area contributed by atoms with E-state index >= 15 is 0 Å². The number of nitrogens with one attached hydrogen (secondary N) is 1. The van der Waals surface area contributed by atoms with Crippen LogP contribution in [0.2, 0.25) is 5.02 Å². The highest BCUT2D eigenvalue weighted by atomic mass is 35.5. The Kier molecular flexibility index (Phi) is 5.61.